The van der Waals surface area contributed by atoms with Gasteiger partial charge in [-0.05, 0) is 43.9 Å². The minimum atomic E-state index is -3.46. The van der Waals surface area contributed by atoms with E-state index in [1.807, 2.05) is 13.0 Å². The second kappa shape index (κ2) is 7.72. The van der Waals surface area contributed by atoms with Crippen molar-refractivity contribution >= 4 is 44.0 Å². The molecule has 1 aliphatic heterocycles. The number of sulfonamides is 1. The van der Waals surface area contributed by atoms with Gasteiger partial charge in [-0.15, -0.1) is 23.7 Å². The Labute approximate surface area is 166 Å². The molecule has 0 amide bonds. The van der Waals surface area contributed by atoms with Gasteiger partial charge in [-0.25, -0.2) is 13.4 Å². The van der Waals surface area contributed by atoms with E-state index in [-0.39, 0.29) is 23.9 Å². The minimum absolute atomic E-state index is 0. The summed E-state index contributed by atoms with van der Waals surface area (Å²) >= 11 is 1.57. The molecule has 1 aromatic heterocycles. The highest BCUT2D eigenvalue weighted by atomic mass is 35.5. The van der Waals surface area contributed by atoms with E-state index >= 15 is 0 Å². The smallest absolute Gasteiger partial charge is 0.243 e. The standard InChI is InChI=1S/C18H27N3O2S2.ClH/c1-12(19)13-7-9-21(10-8-13)25(22,23)14-5-6-15-16(11-14)24-17(20-15)18(2,3)4;/h5-6,11-13H,7-10,19H2,1-4H3;1H. The van der Waals surface area contributed by atoms with Crippen LogP contribution >= 0.6 is 23.7 Å². The largest absolute Gasteiger partial charge is 0.328 e. The molecule has 1 aromatic carbocycles. The molecule has 2 N–H and O–H groups in total. The van der Waals surface area contributed by atoms with Crippen molar-refractivity contribution in [3.05, 3.63) is 23.2 Å². The van der Waals surface area contributed by atoms with Gasteiger partial charge in [-0.3, -0.25) is 0 Å². The quantitative estimate of drug-likeness (QED) is 0.824. The summed E-state index contributed by atoms with van der Waals surface area (Å²) in [6.45, 7) is 9.44. The van der Waals surface area contributed by atoms with E-state index in [1.165, 1.54) is 0 Å². The molecule has 1 atom stereocenters. The van der Waals surface area contributed by atoms with Gasteiger partial charge in [0.05, 0.1) is 20.1 Å². The molecule has 2 aromatic rings. The van der Waals surface area contributed by atoms with Gasteiger partial charge in [0.1, 0.15) is 0 Å². The molecule has 0 bridgehead atoms. The fourth-order valence-electron chi connectivity index (χ4n) is 3.18. The molecular weight excluding hydrogens is 390 g/mol. The van der Waals surface area contributed by atoms with Crippen LogP contribution in [0.25, 0.3) is 10.2 Å². The summed E-state index contributed by atoms with van der Waals surface area (Å²) in [4.78, 5) is 5.01. The van der Waals surface area contributed by atoms with E-state index < -0.39 is 10.0 Å². The number of benzene rings is 1. The normalized spacial score (nSPS) is 18.7. The van der Waals surface area contributed by atoms with E-state index in [0.717, 1.165) is 28.1 Å². The van der Waals surface area contributed by atoms with E-state index in [4.69, 9.17) is 5.73 Å². The summed E-state index contributed by atoms with van der Waals surface area (Å²) in [5.41, 5.74) is 6.79. The monoisotopic (exact) mass is 417 g/mol. The maximum absolute atomic E-state index is 13.0. The van der Waals surface area contributed by atoms with Crippen LogP contribution in [0.1, 0.15) is 45.5 Å². The van der Waals surface area contributed by atoms with Gasteiger partial charge in [0, 0.05) is 24.5 Å². The highest BCUT2D eigenvalue weighted by molar-refractivity contribution is 7.89. The fourth-order valence-corrected chi connectivity index (χ4v) is 5.81. The number of rotatable bonds is 3. The minimum Gasteiger partial charge on any atom is -0.328 e. The van der Waals surface area contributed by atoms with Crippen molar-refractivity contribution in [2.45, 2.75) is 56.9 Å². The topological polar surface area (TPSA) is 76.3 Å². The third kappa shape index (κ3) is 4.22. The van der Waals surface area contributed by atoms with Gasteiger partial charge in [-0.1, -0.05) is 20.8 Å². The van der Waals surface area contributed by atoms with Crippen LogP contribution in [0.5, 0.6) is 0 Å². The van der Waals surface area contributed by atoms with Crippen LogP contribution in [0.4, 0.5) is 0 Å². The Morgan fingerprint density at radius 3 is 2.42 bits per heavy atom. The van der Waals surface area contributed by atoms with Crippen molar-refractivity contribution in [3.63, 3.8) is 0 Å². The lowest BCUT2D eigenvalue weighted by atomic mass is 9.92. The van der Waals surface area contributed by atoms with Crippen LogP contribution in [0.15, 0.2) is 23.1 Å². The first-order valence-electron chi connectivity index (χ1n) is 8.76. The number of thiazole rings is 1. The number of halogens is 1. The lowest BCUT2D eigenvalue weighted by Crippen LogP contribution is -2.42. The summed E-state index contributed by atoms with van der Waals surface area (Å²) in [6.07, 6.45) is 1.65. The van der Waals surface area contributed by atoms with Crippen LogP contribution in [0.3, 0.4) is 0 Å². The average Bonchev–Trinajstić information content (AvgIpc) is 2.98. The molecule has 1 unspecified atom stereocenters. The van der Waals surface area contributed by atoms with Crippen molar-refractivity contribution in [1.82, 2.24) is 9.29 Å². The lowest BCUT2D eigenvalue weighted by Gasteiger charge is -2.32. The number of nitrogens with two attached hydrogens (primary N) is 1. The Balaban J connectivity index is 0.00000243. The third-order valence-corrected chi connectivity index (χ3v) is 8.22. The Morgan fingerprint density at radius 2 is 1.88 bits per heavy atom. The molecule has 1 fully saturated rings. The number of fused-ring (bicyclic) bond motifs is 1. The van der Waals surface area contributed by atoms with Gasteiger partial charge in [0.25, 0.3) is 0 Å². The molecule has 2 heterocycles. The van der Waals surface area contributed by atoms with Crippen molar-refractivity contribution in [3.8, 4) is 0 Å². The van der Waals surface area contributed by atoms with Crippen LogP contribution in [-0.2, 0) is 15.4 Å². The SMILES string of the molecule is CC(N)C1CCN(S(=O)(=O)c2ccc3nc(C(C)(C)C)sc3c2)CC1.Cl. The van der Waals surface area contributed by atoms with E-state index in [0.29, 0.717) is 23.9 Å². The maximum Gasteiger partial charge on any atom is 0.243 e. The zero-order chi connectivity index (χ0) is 18.4. The first-order chi connectivity index (χ1) is 11.6. The number of hydrogen-bond donors (Lipinski definition) is 1. The summed E-state index contributed by atoms with van der Waals surface area (Å²) in [5.74, 6) is 0.407. The summed E-state index contributed by atoms with van der Waals surface area (Å²) < 4.78 is 28.5. The fraction of sp³-hybridized carbons (Fsp3) is 0.611. The number of hydrogen-bond acceptors (Lipinski definition) is 5. The van der Waals surface area contributed by atoms with Crippen LogP contribution in [0.2, 0.25) is 0 Å². The van der Waals surface area contributed by atoms with Crippen LogP contribution in [0, 0.1) is 5.92 Å². The predicted octanol–water partition coefficient (Wildman–Crippen LogP) is 3.76. The Morgan fingerprint density at radius 1 is 1.27 bits per heavy atom. The first-order valence-corrected chi connectivity index (χ1v) is 11.0. The molecular formula is C18H28ClN3O2S2. The van der Waals surface area contributed by atoms with Gasteiger partial charge < -0.3 is 5.73 Å². The van der Waals surface area contributed by atoms with Gasteiger partial charge in [0.2, 0.25) is 10.0 Å². The van der Waals surface area contributed by atoms with E-state index in [2.05, 4.69) is 25.8 Å². The lowest BCUT2D eigenvalue weighted by molar-refractivity contribution is 0.251. The Bertz CT molecular complexity index is 864. The first kappa shape index (κ1) is 21.6. The zero-order valence-corrected chi connectivity index (χ0v) is 18.2. The van der Waals surface area contributed by atoms with Gasteiger partial charge >= 0.3 is 0 Å². The molecule has 146 valence electrons. The number of aromatic nitrogens is 1. The van der Waals surface area contributed by atoms with Crippen molar-refractivity contribution in [2.24, 2.45) is 11.7 Å². The molecule has 3 rings (SSSR count). The Kier molecular flexibility index (Phi) is 6.40. The molecule has 0 spiro atoms. The van der Waals surface area contributed by atoms with Crippen molar-refractivity contribution in [1.29, 1.82) is 0 Å². The Hall–Kier alpha value is -0.730. The highest BCUT2D eigenvalue weighted by Crippen LogP contribution is 2.33. The number of nitrogens with zero attached hydrogens (tertiary/aromatic N) is 2. The second-order valence-corrected chi connectivity index (χ2v) is 11.0. The summed E-state index contributed by atoms with van der Waals surface area (Å²) in [6, 6.07) is 5.40. The zero-order valence-electron chi connectivity index (χ0n) is 15.7. The molecule has 1 aliphatic rings. The molecule has 0 aliphatic carbocycles. The van der Waals surface area contributed by atoms with Crippen molar-refractivity contribution in [2.75, 3.05) is 13.1 Å². The van der Waals surface area contributed by atoms with Crippen LogP contribution in [-0.4, -0.2) is 36.8 Å². The van der Waals surface area contributed by atoms with E-state index in [9.17, 15) is 8.42 Å². The molecule has 1 saturated heterocycles. The predicted molar refractivity (Wildman–Crippen MR) is 111 cm³/mol. The maximum atomic E-state index is 13.0. The van der Waals surface area contributed by atoms with Gasteiger partial charge in [0.15, 0.2) is 0 Å². The molecule has 0 radical (unpaired) electrons. The van der Waals surface area contributed by atoms with Gasteiger partial charge in [-0.2, -0.15) is 4.31 Å². The molecule has 5 nitrogen and oxygen atoms in total. The second-order valence-electron chi connectivity index (χ2n) is 8.00. The van der Waals surface area contributed by atoms with Crippen LogP contribution < -0.4 is 5.73 Å². The highest BCUT2D eigenvalue weighted by Gasteiger charge is 2.31. The molecule has 0 saturated carbocycles. The molecule has 26 heavy (non-hydrogen) atoms. The average molecular weight is 418 g/mol. The summed E-state index contributed by atoms with van der Waals surface area (Å²) in [5, 5.41) is 1.02. The van der Waals surface area contributed by atoms with Crippen molar-refractivity contribution < 1.29 is 8.42 Å². The van der Waals surface area contributed by atoms with E-state index in [1.54, 1.807) is 27.8 Å². The third-order valence-electron chi connectivity index (χ3n) is 4.88. The number of piperidine rings is 1. The molecule has 8 heteroatoms. The summed E-state index contributed by atoms with van der Waals surface area (Å²) in [7, 11) is -3.46.